The van der Waals surface area contributed by atoms with Crippen molar-refractivity contribution in [2.45, 2.75) is 51.9 Å². The van der Waals surface area contributed by atoms with Crippen molar-refractivity contribution in [1.82, 2.24) is 24.4 Å². The van der Waals surface area contributed by atoms with Crippen molar-refractivity contribution in [2.24, 2.45) is 11.8 Å². The fraction of sp³-hybridized carbons (Fsp3) is 0.500. The van der Waals surface area contributed by atoms with Crippen molar-refractivity contribution in [1.29, 1.82) is 0 Å². The number of imidazole rings is 1. The molecule has 1 aromatic carbocycles. The van der Waals surface area contributed by atoms with E-state index >= 15 is 0 Å². The number of hydrogen-bond donors (Lipinski definition) is 0. The van der Waals surface area contributed by atoms with Gasteiger partial charge in [0.1, 0.15) is 28.6 Å². The number of carbonyl (C=O) groups is 1. The van der Waals surface area contributed by atoms with Gasteiger partial charge < -0.3 is 23.7 Å². The third-order valence-electron chi connectivity index (χ3n) is 8.19. The summed E-state index contributed by atoms with van der Waals surface area (Å²) in [6, 6.07) is 8.86. The maximum Gasteiger partial charge on any atom is 0.410 e. The number of carbonyl (C=O) groups excluding carboxylic acids is 1. The Labute approximate surface area is 237 Å². The first-order valence-corrected chi connectivity index (χ1v) is 14.4. The van der Waals surface area contributed by atoms with E-state index < -0.39 is 5.60 Å². The van der Waals surface area contributed by atoms with Crippen LogP contribution in [0.5, 0.6) is 0 Å². The molecule has 3 aromatic heterocycles. The number of fused-ring (bicyclic) bond motifs is 3. The van der Waals surface area contributed by atoms with Gasteiger partial charge in [0, 0.05) is 61.6 Å². The summed E-state index contributed by atoms with van der Waals surface area (Å²) in [6.07, 6.45) is 4.49. The van der Waals surface area contributed by atoms with Crippen LogP contribution in [0.3, 0.4) is 0 Å². The van der Waals surface area contributed by atoms with Crippen molar-refractivity contribution < 1.29 is 18.7 Å². The number of anilines is 1. The summed E-state index contributed by atoms with van der Waals surface area (Å²) in [5.41, 5.74) is 2.66. The minimum atomic E-state index is -0.514. The second kappa shape index (κ2) is 9.83. The summed E-state index contributed by atoms with van der Waals surface area (Å²) >= 11 is 0. The Morgan fingerprint density at radius 3 is 2.56 bits per heavy atom. The molecular weight excluding hydrogens is 524 g/mol. The van der Waals surface area contributed by atoms with Crippen LogP contribution < -0.4 is 10.5 Å². The Bertz CT molecular complexity index is 1670. The van der Waals surface area contributed by atoms with Crippen molar-refractivity contribution in [3.8, 4) is 11.3 Å². The number of ether oxygens (including phenoxy) is 2. The first-order valence-electron chi connectivity index (χ1n) is 14.4. The summed E-state index contributed by atoms with van der Waals surface area (Å²) < 4.78 is 19.1. The molecule has 0 spiro atoms. The second-order valence-corrected chi connectivity index (χ2v) is 12.3. The zero-order valence-electron chi connectivity index (χ0n) is 23.6. The number of aromatic nitrogens is 4. The molecule has 6 heterocycles. The number of rotatable bonds is 3. The summed E-state index contributed by atoms with van der Waals surface area (Å²) in [4.78, 5) is 43.3. The monoisotopic (exact) mass is 558 g/mol. The maximum atomic E-state index is 12.7. The van der Waals surface area contributed by atoms with Gasteiger partial charge in [-0.25, -0.2) is 19.6 Å². The molecule has 0 bridgehead atoms. The Hall–Kier alpha value is -3.99. The van der Waals surface area contributed by atoms with Gasteiger partial charge in [-0.15, -0.1) is 0 Å². The standard InChI is InChI=1S/C30H34N6O5/c1-30(2,3)41-29(38)35-15-20-13-34(14-21(20)16-35)28-32-25(19-7-9-22-18(12-19)8-10-24(37)40-22)26-27(33-28)36(17-31-26)23-6-4-5-11-39-23/h7-10,12,17,20-21,23H,4-6,11,13-16H2,1-3H3. The molecule has 0 aliphatic carbocycles. The summed E-state index contributed by atoms with van der Waals surface area (Å²) in [6.45, 7) is 9.23. The number of amides is 1. The van der Waals surface area contributed by atoms with Crippen LogP contribution in [-0.4, -0.2) is 68.9 Å². The van der Waals surface area contributed by atoms with E-state index in [1.165, 1.54) is 6.07 Å². The minimum absolute atomic E-state index is 0.115. The topological polar surface area (TPSA) is 116 Å². The molecule has 3 atom stereocenters. The Balaban J connectivity index is 1.24. The molecule has 3 unspecified atom stereocenters. The average molecular weight is 559 g/mol. The van der Waals surface area contributed by atoms with Gasteiger partial charge in [0.2, 0.25) is 5.95 Å². The fourth-order valence-electron chi connectivity index (χ4n) is 6.25. The zero-order chi connectivity index (χ0) is 28.3. The van der Waals surface area contributed by atoms with Crippen LogP contribution in [0, 0.1) is 11.8 Å². The molecular formula is C30H34N6O5. The quantitative estimate of drug-likeness (QED) is 0.333. The van der Waals surface area contributed by atoms with E-state index in [9.17, 15) is 9.59 Å². The van der Waals surface area contributed by atoms with Crippen molar-refractivity contribution in [2.75, 3.05) is 37.7 Å². The molecule has 11 nitrogen and oxygen atoms in total. The average Bonchev–Trinajstić information content (AvgIpc) is 3.65. The highest BCUT2D eigenvalue weighted by Gasteiger charge is 2.43. The third-order valence-corrected chi connectivity index (χ3v) is 8.19. The van der Waals surface area contributed by atoms with Crippen LogP contribution in [0.25, 0.3) is 33.4 Å². The first-order chi connectivity index (χ1) is 19.7. The van der Waals surface area contributed by atoms with E-state index in [4.69, 9.17) is 28.8 Å². The highest BCUT2D eigenvalue weighted by atomic mass is 16.6. The van der Waals surface area contributed by atoms with E-state index in [0.29, 0.717) is 48.6 Å². The number of likely N-dealkylation sites (tertiary alicyclic amines) is 1. The molecule has 0 N–H and O–H groups in total. The molecule has 3 saturated heterocycles. The molecule has 4 aromatic rings. The highest BCUT2D eigenvalue weighted by molar-refractivity contribution is 5.92. The fourth-order valence-corrected chi connectivity index (χ4v) is 6.25. The molecule has 1 amide bonds. The normalized spacial score (nSPS) is 23.0. The van der Waals surface area contributed by atoms with Gasteiger partial charge in [-0.2, -0.15) is 4.98 Å². The van der Waals surface area contributed by atoms with E-state index in [-0.39, 0.29) is 17.9 Å². The van der Waals surface area contributed by atoms with E-state index in [0.717, 1.165) is 54.6 Å². The lowest BCUT2D eigenvalue weighted by molar-refractivity contribution is -0.0298. The van der Waals surface area contributed by atoms with Gasteiger partial charge in [0.15, 0.2) is 5.65 Å². The number of nitrogens with zero attached hydrogens (tertiary/aromatic N) is 6. The predicted octanol–water partition coefficient (Wildman–Crippen LogP) is 4.60. The number of benzene rings is 1. The van der Waals surface area contributed by atoms with Crippen LogP contribution in [-0.2, 0) is 9.47 Å². The summed E-state index contributed by atoms with van der Waals surface area (Å²) in [5.74, 6) is 1.28. The lowest BCUT2D eigenvalue weighted by atomic mass is 10.0. The predicted molar refractivity (Wildman–Crippen MR) is 153 cm³/mol. The highest BCUT2D eigenvalue weighted by Crippen LogP contribution is 2.37. The molecule has 41 heavy (non-hydrogen) atoms. The Morgan fingerprint density at radius 1 is 1.02 bits per heavy atom. The molecule has 214 valence electrons. The van der Waals surface area contributed by atoms with Crippen LogP contribution in [0.2, 0.25) is 0 Å². The Morgan fingerprint density at radius 2 is 1.83 bits per heavy atom. The molecule has 3 aliphatic rings. The molecule has 11 heteroatoms. The lowest BCUT2D eigenvalue weighted by Crippen LogP contribution is -2.37. The van der Waals surface area contributed by atoms with Crippen LogP contribution in [0.4, 0.5) is 10.7 Å². The number of hydrogen-bond acceptors (Lipinski definition) is 9. The molecule has 7 rings (SSSR count). The zero-order valence-corrected chi connectivity index (χ0v) is 23.6. The van der Waals surface area contributed by atoms with Gasteiger partial charge in [0.05, 0.1) is 6.33 Å². The first kappa shape index (κ1) is 25.9. The lowest BCUT2D eigenvalue weighted by Gasteiger charge is -2.26. The smallest absolute Gasteiger partial charge is 0.410 e. The van der Waals surface area contributed by atoms with Crippen LogP contribution in [0.15, 0.2) is 45.9 Å². The summed E-state index contributed by atoms with van der Waals surface area (Å²) in [5, 5.41) is 0.809. The van der Waals surface area contributed by atoms with Crippen LogP contribution >= 0.6 is 0 Å². The van der Waals surface area contributed by atoms with Crippen molar-refractivity contribution in [3.63, 3.8) is 0 Å². The molecule has 0 saturated carbocycles. The van der Waals surface area contributed by atoms with Gasteiger partial charge in [-0.1, -0.05) is 0 Å². The van der Waals surface area contributed by atoms with Gasteiger partial charge in [0.25, 0.3) is 0 Å². The SMILES string of the molecule is CC(C)(C)OC(=O)N1CC2CN(c3nc(-c4ccc5oc(=O)ccc5c4)c4ncn(C5CCCCO5)c4n3)CC2C1. The van der Waals surface area contributed by atoms with Crippen molar-refractivity contribution >= 4 is 34.2 Å². The maximum absolute atomic E-state index is 12.7. The molecule has 3 aliphatic heterocycles. The van der Waals surface area contributed by atoms with Gasteiger partial charge in [-0.3, -0.25) is 4.57 Å². The molecule has 3 fully saturated rings. The van der Waals surface area contributed by atoms with E-state index in [2.05, 4.69) is 4.90 Å². The molecule has 0 radical (unpaired) electrons. The summed E-state index contributed by atoms with van der Waals surface area (Å²) in [7, 11) is 0. The van der Waals surface area contributed by atoms with Crippen molar-refractivity contribution in [3.05, 3.63) is 47.1 Å². The largest absolute Gasteiger partial charge is 0.444 e. The third kappa shape index (κ3) is 4.92. The minimum Gasteiger partial charge on any atom is -0.444 e. The Kier molecular flexibility index (Phi) is 6.22. The second-order valence-electron chi connectivity index (χ2n) is 12.3. The van der Waals surface area contributed by atoms with Crippen LogP contribution in [0.1, 0.15) is 46.3 Å². The van der Waals surface area contributed by atoms with E-state index in [1.807, 2.05) is 42.4 Å². The van der Waals surface area contributed by atoms with Gasteiger partial charge >= 0.3 is 11.7 Å². The van der Waals surface area contributed by atoms with E-state index in [1.54, 1.807) is 18.5 Å². The van der Waals surface area contributed by atoms with Gasteiger partial charge in [-0.05, 0) is 64.3 Å².